The third kappa shape index (κ3) is 4.61. The van der Waals surface area contributed by atoms with E-state index in [1.165, 1.54) is 0 Å². The number of hydrogen-bond donors (Lipinski definition) is 6. The number of rotatable bonds is 6. The van der Waals surface area contributed by atoms with Crippen molar-refractivity contribution in [1.29, 1.82) is 0 Å². The highest BCUT2D eigenvalue weighted by molar-refractivity contribution is 5.76. The van der Waals surface area contributed by atoms with Gasteiger partial charge in [-0.05, 0) is 0 Å². The number of hydrogen-bond acceptors (Lipinski definition) is 9. The first kappa shape index (κ1) is 20.3. The van der Waals surface area contributed by atoms with Crippen molar-refractivity contribution in [1.82, 2.24) is 5.32 Å². The monoisotopic (exact) mass is 351 g/mol. The maximum absolute atomic E-state index is 11.4. The third-order valence-corrected chi connectivity index (χ3v) is 3.50. The summed E-state index contributed by atoms with van der Waals surface area (Å²) in [7, 11) is 0. The van der Waals surface area contributed by atoms with Crippen LogP contribution in [0.3, 0.4) is 0 Å². The van der Waals surface area contributed by atoms with Crippen LogP contribution in [0.25, 0.3) is 0 Å². The van der Waals surface area contributed by atoms with Crippen LogP contribution in [-0.2, 0) is 23.9 Å². The standard InChI is InChI=1S/C13H21NO10/c1-5(16)14-9-8(23-6(2)17)3-13(22,12(20)21)24-11(9)10(19)7(18)4-15/h7-11,15,18-19,22H,3-4H2,1-2H3,(H,14,16)(H,20,21)/t7?,8-,9+,10+,11+,13+/m0/s1. The van der Waals surface area contributed by atoms with Gasteiger partial charge in [-0.1, -0.05) is 0 Å². The number of carbonyl (C=O) groups is 3. The van der Waals surface area contributed by atoms with E-state index < -0.39 is 67.1 Å². The van der Waals surface area contributed by atoms with E-state index in [2.05, 4.69) is 5.32 Å². The zero-order chi connectivity index (χ0) is 18.7. The summed E-state index contributed by atoms with van der Waals surface area (Å²) in [5, 5.41) is 50.1. The zero-order valence-electron chi connectivity index (χ0n) is 13.1. The number of carboxylic acids is 1. The lowest BCUT2D eigenvalue weighted by atomic mass is 9.88. The SMILES string of the molecule is CC(=O)N[C@H]1[C@H]([C@H](O)C(O)CO)O[C@@](O)(C(=O)O)C[C@@H]1OC(C)=O. The van der Waals surface area contributed by atoms with Gasteiger partial charge in [0.05, 0.1) is 19.1 Å². The van der Waals surface area contributed by atoms with Crippen molar-refractivity contribution >= 4 is 17.8 Å². The summed E-state index contributed by atoms with van der Waals surface area (Å²) in [4.78, 5) is 33.8. The molecule has 1 fully saturated rings. The molecular weight excluding hydrogens is 330 g/mol. The van der Waals surface area contributed by atoms with Crippen molar-refractivity contribution < 1.29 is 49.4 Å². The molecule has 0 radical (unpaired) electrons. The number of amides is 1. The molecule has 11 heteroatoms. The van der Waals surface area contributed by atoms with Crippen LogP contribution in [0.5, 0.6) is 0 Å². The Morgan fingerprint density at radius 3 is 2.33 bits per heavy atom. The van der Waals surface area contributed by atoms with Gasteiger partial charge in [-0.3, -0.25) is 9.59 Å². The van der Waals surface area contributed by atoms with E-state index in [1.807, 2.05) is 0 Å². The number of aliphatic hydroxyl groups is 4. The van der Waals surface area contributed by atoms with Gasteiger partial charge in [-0.2, -0.15) is 0 Å². The molecule has 0 aromatic carbocycles. The summed E-state index contributed by atoms with van der Waals surface area (Å²) < 4.78 is 9.91. The van der Waals surface area contributed by atoms with Gasteiger partial charge in [-0.25, -0.2) is 4.79 Å². The number of ether oxygens (including phenoxy) is 2. The van der Waals surface area contributed by atoms with Gasteiger partial charge in [0.15, 0.2) is 0 Å². The van der Waals surface area contributed by atoms with Crippen LogP contribution in [0.4, 0.5) is 0 Å². The minimum absolute atomic E-state index is 0.614. The molecule has 6 atom stereocenters. The molecule has 1 unspecified atom stereocenters. The maximum Gasteiger partial charge on any atom is 0.364 e. The van der Waals surface area contributed by atoms with Gasteiger partial charge in [-0.15, -0.1) is 0 Å². The average Bonchev–Trinajstić information content (AvgIpc) is 2.47. The van der Waals surface area contributed by atoms with Crippen LogP contribution < -0.4 is 5.32 Å². The largest absolute Gasteiger partial charge is 0.477 e. The Bertz CT molecular complexity index is 497. The summed E-state index contributed by atoms with van der Waals surface area (Å²) in [6, 6.07) is -1.26. The molecule has 0 aromatic heterocycles. The molecule has 1 rings (SSSR count). The Labute approximate surface area is 136 Å². The van der Waals surface area contributed by atoms with Gasteiger partial charge in [0.25, 0.3) is 5.79 Å². The average molecular weight is 351 g/mol. The second-order valence-corrected chi connectivity index (χ2v) is 5.49. The first-order valence-corrected chi connectivity index (χ1v) is 7.06. The summed E-state index contributed by atoms with van der Waals surface area (Å²) in [5.41, 5.74) is 0. The van der Waals surface area contributed by atoms with Crippen LogP contribution in [0.2, 0.25) is 0 Å². The van der Waals surface area contributed by atoms with E-state index in [9.17, 15) is 29.7 Å². The van der Waals surface area contributed by atoms with Crippen LogP contribution in [0, 0.1) is 0 Å². The van der Waals surface area contributed by atoms with Crippen LogP contribution >= 0.6 is 0 Å². The number of carbonyl (C=O) groups excluding carboxylic acids is 2. The van der Waals surface area contributed by atoms with Crippen molar-refractivity contribution in [3.63, 3.8) is 0 Å². The van der Waals surface area contributed by atoms with E-state index in [-0.39, 0.29) is 0 Å². The molecule has 1 saturated heterocycles. The van der Waals surface area contributed by atoms with E-state index in [0.29, 0.717) is 0 Å². The molecule has 0 spiro atoms. The molecule has 1 aliphatic heterocycles. The second-order valence-electron chi connectivity index (χ2n) is 5.49. The summed E-state index contributed by atoms with van der Waals surface area (Å²) in [6.07, 6.45) is -7.37. The molecule has 138 valence electrons. The molecule has 0 saturated carbocycles. The first-order valence-electron chi connectivity index (χ1n) is 7.06. The highest BCUT2D eigenvalue weighted by Crippen LogP contribution is 2.32. The highest BCUT2D eigenvalue weighted by Gasteiger charge is 2.55. The molecule has 11 nitrogen and oxygen atoms in total. The normalized spacial score (nSPS) is 32.5. The van der Waals surface area contributed by atoms with Crippen molar-refractivity contribution in [3.05, 3.63) is 0 Å². The smallest absolute Gasteiger partial charge is 0.364 e. The van der Waals surface area contributed by atoms with Crippen LogP contribution in [0.1, 0.15) is 20.3 Å². The molecule has 6 N–H and O–H groups in total. The third-order valence-electron chi connectivity index (χ3n) is 3.50. The Kier molecular flexibility index (Phi) is 6.63. The molecule has 0 aromatic rings. The molecule has 0 bridgehead atoms. The van der Waals surface area contributed by atoms with E-state index in [0.717, 1.165) is 13.8 Å². The Balaban J connectivity index is 3.25. The summed E-state index contributed by atoms with van der Waals surface area (Å²) in [6.45, 7) is 1.26. The predicted octanol–water partition coefficient (Wildman–Crippen LogP) is -3.30. The van der Waals surface area contributed by atoms with Crippen LogP contribution in [-0.4, -0.2) is 86.2 Å². The lowest BCUT2D eigenvalue weighted by Crippen LogP contribution is -2.67. The summed E-state index contributed by atoms with van der Waals surface area (Å²) in [5.74, 6) is -6.06. The molecule has 1 heterocycles. The van der Waals surface area contributed by atoms with E-state index in [4.69, 9.17) is 19.7 Å². The summed E-state index contributed by atoms with van der Waals surface area (Å²) >= 11 is 0. The molecule has 1 aliphatic rings. The Hall–Kier alpha value is -1.79. The Morgan fingerprint density at radius 1 is 1.33 bits per heavy atom. The van der Waals surface area contributed by atoms with Gasteiger partial charge >= 0.3 is 11.9 Å². The van der Waals surface area contributed by atoms with Crippen molar-refractivity contribution in [2.75, 3.05) is 6.61 Å². The number of carboxylic acid groups (broad SMARTS) is 1. The predicted molar refractivity (Wildman–Crippen MR) is 74.3 cm³/mol. The van der Waals surface area contributed by atoms with E-state index >= 15 is 0 Å². The topological polar surface area (TPSA) is 183 Å². The fourth-order valence-electron chi connectivity index (χ4n) is 2.44. The number of esters is 1. The molecule has 24 heavy (non-hydrogen) atoms. The van der Waals surface area contributed by atoms with Gasteiger partial charge in [0, 0.05) is 13.8 Å². The number of aliphatic carboxylic acids is 1. The van der Waals surface area contributed by atoms with Crippen molar-refractivity contribution in [3.8, 4) is 0 Å². The zero-order valence-corrected chi connectivity index (χ0v) is 13.1. The van der Waals surface area contributed by atoms with Crippen molar-refractivity contribution in [2.45, 2.75) is 56.5 Å². The minimum atomic E-state index is -2.82. The number of nitrogens with one attached hydrogen (secondary N) is 1. The lowest BCUT2D eigenvalue weighted by molar-refractivity contribution is -0.296. The molecular formula is C13H21NO10. The molecule has 0 aliphatic carbocycles. The van der Waals surface area contributed by atoms with E-state index in [1.54, 1.807) is 0 Å². The quantitative estimate of drug-likeness (QED) is 0.265. The molecule has 1 amide bonds. The minimum Gasteiger partial charge on any atom is -0.477 e. The maximum atomic E-state index is 11.4. The lowest BCUT2D eigenvalue weighted by Gasteiger charge is -2.45. The van der Waals surface area contributed by atoms with Crippen LogP contribution in [0.15, 0.2) is 0 Å². The van der Waals surface area contributed by atoms with Crippen molar-refractivity contribution in [2.24, 2.45) is 0 Å². The first-order chi connectivity index (χ1) is 11.0. The Morgan fingerprint density at radius 2 is 1.92 bits per heavy atom. The van der Waals surface area contributed by atoms with Gasteiger partial charge in [0.1, 0.15) is 24.4 Å². The fraction of sp³-hybridized carbons (Fsp3) is 0.769. The fourth-order valence-corrected chi connectivity index (χ4v) is 2.44. The van der Waals surface area contributed by atoms with Gasteiger partial charge in [0.2, 0.25) is 5.91 Å². The van der Waals surface area contributed by atoms with Gasteiger partial charge < -0.3 is 40.3 Å². The number of aliphatic hydroxyl groups excluding tert-OH is 3. The highest BCUT2D eigenvalue weighted by atomic mass is 16.7. The second kappa shape index (κ2) is 7.85.